The molecule has 2 N–H and O–H groups in total. The van der Waals surface area contributed by atoms with Crippen LogP contribution in [0, 0.1) is 0 Å². The van der Waals surface area contributed by atoms with Crippen molar-refractivity contribution in [2.24, 2.45) is 0 Å². The molecule has 4 nitrogen and oxygen atoms in total. The molecule has 2 amide bonds. The molecular formula is C14H16N2O2S2. The van der Waals surface area contributed by atoms with Crippen LogP contribution in [0.2, 0.25) is 0 Å². The molecule has 0 saturated heterocycles. The Morgan fingerprint density at radius 2 is 1.90 bits per heavy atom. The molecule has 2 aromatic rings. The lowest BCUT2D eigenvalue weighted by Gasteiger charge is -2.06. The molecule has 0 aliphatic carbocycles. The monoisotopic (exact) mass is 308 g/mol. The molecule has 0 saturated carbocycles. The van der Waals surface area contributed by atoms with Crippen LogP contribution in [0.25, 0.3) is 0 Å². The van der Waals surface area contributed by atoms with E-state index in [1.807, 2.05) is 47.8 Å². The number of rotatable bonds is 6. The van der Waals surface area contributed by atoms with Gasteiger partial charge in [0.25, 0.3) is 0 Å². The van der Waals surface area contributed by atoms with E-state index in [0.717, 1.165) is 9.77 Å². The molecule has 1 heterocycles. The van der Waals surface area contributed by atoms with E-state index in [4.69, 9.17) is 0 Å². The number of carbonyl (C=O) groups is 1. The summed E-state index contributed by atoms with van der Waals surface area (Å²) >= 11 is 1.60. The Labute approximate surface area is 124 Å². The Morgan fingerprint density at radius 3 is 2.60 bits per heavy atom. The van der Waals surface area contributed by atoms with E-state index in [2.05, 4.69) is 10.6 Å². The molecule has 0 spiro atoms. The van der Waals surface area contributed by atoms with E-state index < -0.39 is 10.8 Å². The predicted molar refractivity (Wildman–Crippen MR) is 82.3 cm³/mol. The quantitative estimate of drug-likeness (QED) is 0.860. The van der Waals surface area contributed by atoms with E-state index >= 15 is 0 Å². The van der Waals surface area contributed by atoms with Gasteiger partial charge < -0.3 is 10.6 Å². The summed E-state index contributed by atoms with van der Waals surface area (Å²) in [6.07, 6.45) is 0. The summed E-state index contributed by atoms with van der Waals surface area (Å²) in [5, 5.41) is 7.44. The Hall–Kier alpha value is -1.66. The minimum Gasteiger partial charge on any atom is -0.337 e. The second kappa shape index (κ2) is 7.81. The van der Waals surface area contributed by atoms with Crippen LogP contribution in [0.4, 0.5) is 4.79 Å². The van der Waals surface area contributed by atoms with E-state index in [1.54, 1.807) is 11.3 Å². The van der Waals surface area contributed by atoms with Crippen molar-refractivity contribution in [2.75, 3.05) is 12.3 Å². The van der Waals surface area contributed by atoms with E-state index in [-0.39, 0.29) is 6.03 Å². The SMILES string of the molecule is O=C(NCC[S@](=O)c1ccccc1)NCc1cccs1. The first-order chi connectivity index (χ1) is 9.75. The third kappa shape index (κ3) is 4.79. The van der Waals surface area contributed by atoms with Gasteiger partial charge in [-0.3, -0.25) is 4.21 Å². The van der Waals surface area contributed by atoms with Crippen molar-refractivity contribution >= 4 is 28.2 Å². The van der Waals surface area contributed by atoms with Gasteiger partial charge in [-0.05, 0) is 23.6 Å². The molecule has 1 aromatic heterocycles. The van der Waals surface area contributed by atoms with Gasteiger partial charge in [0.2, 0.25) is 0 Å². The van der Waals surface area contributed by atoms with Crippen LogP contribution in [0.3, 0.4) is 0 Å². The molecule has 1 atom stereocenters. The number of hydrogen-bond donors (Lipinski definition) is 2. The van der Waals surface area contributed by atoms with Crippen LogP contribution in [-0.2, 0) is 17.3 Å². The zero-order valence-corrected chi connectivity index (χ0v) is 12.5. The first-order valence-electron chi connectivity index (χ1n) is 6.23. The maximum absolute atomic E-state index is 11.9. The number of benzene rings is 1. The van der Waals surface area contributed by atoms with Crippen molar-refractivity contribution in [1.82, 2.24) is 10.6 Å². The topological polar surface area (TPSA) is 58.2 Å². The van der Waals surface area contributed by atoms with Crippen LogP contribution in [-0.4, -0.2) is 22.5 Å². The molecule has 0 fully saturated rings. The zero-order valence-electron chi connectivity index (χ0n) is 10.9. The fourth-order valence-corrected chi connectivity index (χ4v) is 3.22. The second-order valence-corrected chi connectivity index (χ2v) is 6.65. The summed E-state index contributed by atoms with van der Waals surface area (Å²) in [5.74, 6) is 0.413. The van der Waals surface area contributed by atoms with Gasteiger partial charge in [0.15, 0.2) is 0 Å². The van der Waals surface area contributed by atoms with Crippen LogP contribution < -0.4 is 10.6 Å². The molecule has 20 heavy (non-hydrogen) atoms. The van der Waals surface area contributed by atoms with Crippen LogP contribution in [0.1, 0.15) is 4.88 Å². The number of thiophene rings is 1. The average molecular weight is 308 g/mol. The summed E-state index contributed by atoms with van der Waals surface area (Å²) in [6.45, 7) is 0.906. The minimum absolute atomic E-state index is 0.233. The normalized spacial score (nSPS) is 11.8. The van der Waals surface area contributed by atoms with Crippen molar-refractivity contribution in [1.29, 1.82) is 0 Å². The van der Waals surface area contributed by atoms with E-state index in [9.17, 15) is 9.00 Å². The lowest BCUT2D eigenvalue weighted by Crippen LogP contribution is -2.36. The molecule has 1 aromatic carbocycles. The number of nitrogens with one attached hydrogen (secondary N) is 2. The van der Waals surface area contributed by atoms with Gasteiger partial charge in [0.1, 0.15) is 0 Å². The van der Waals surface area contributed by atoms with Crippen molar-refractivity contribution in [2.45, 2.75) is 11.4 Å². The van der Waals surface area contributed by atoms with Crippen molar-refractivity contribution < 1.29 is 9.00 Å². The summed E-state index contributed by atoms with van der Waals surface area (Å²) < 4.78 is 11.9. The Balaban J connectivity index is 1.65. The van der Waals surface area contributed by atoms with Gasteiger partial charge in [-0.15, -0.1) is 11.3 Å². The first-order valence-corrected chi connectivity index (χ1v) is 8.43. The van der Waals surface area contributed by atoms with Gasteiger partial charge >= 0.3 is 6.03 Å². The molecular weight excluding hydrogens is 292 g/mol. The summed E-state index contributed by atoms with van der Waals surface area (Å²) in [4.78, 5) is 13.4. The molecule has 2 rings (SSSR count). The Kier molecular flexibility index (Phi) is 5.76. The molecule has 0 unspecified atom stereocenters. The Bertz CT molecular complexity index is 556. The van der Waals surface area contributed by atoms with Crippen molar-refractivity contribution in [3.05, 3.63) is 52.7 Å². The molecule has 0 bridgehead atoms. The van der Waals surface area contributed by atoms with Crippen molar-refractivity contribution in [3.63, 3.8) is 0 Å². The number of carbonyl (C=O) groups excluding carboxylic acids is 1. The van der Waals surface area contributed by atoms with Crippen LogP contribution >= 0.6 is 11.3 Å². The number of hydrogen-bond acceptors (Lipinski definition) is 3. The van der Waals surface area contributed by atoms with Crippen molar-refractivity contribution in [3.8, 4) is 0 Å². The maximum atomic E-state index is 11.9. The largest absolute Gasteiger partial charge is 0.337 e. The highest BCUT2D eigenvalue weighted by atomic mass is 32.2. The zero-order chi connectivity index (χ0) is 14.2. The number of urea groups is 1. The highest BCUT2D eigenvalue weighted by molar-refractivity contribution is 7.85. The third-order valence-electron chi connectivity index (χ3n) is 2.58. The van der Waals surface area contributed by atoms with E-state index in [0.29, 0.717) is 18.8 Å². The van der Waals surface area contributed by atoms with Gasteiger partial charge in [-0.1, -0.05) is 24.3 Å². The minimum atomic E-state index is -1.07. The standard InChI is InChI=1S/C14H16N2O2S2/c17-14(16-11-12-5-4-9-19-12)15-8-10-20(18)13-6-2-1-3-7-13/h1-7,9H,8,10-11H2,(H2,15,16,17)/t20-/m0/s1. The van der Waals surface area contributed by atoms with E-state index in [1.165, 1.54) is 0 Å². The fraction of sp³-hybridized carbons (Fsp3) is 0.214. The van der Waals surface area contributed by atoms with Crippen LogP contribution in [0.15, 0.2) is 52.7 Å². The first kappa shape index (κ1) is 14.7. The lowest BCUT2D eigenvalue weighted by molar-refractivity contribution is 0.241. The molecule has 6 heteroatoms. The maximum Gasteiger partial charge on any atom is 0.315 e. The fourth-order valence-electron chi connectivity index (χ4n) is 1.59. The van der Waals surface area contributed by atoms with Crippen LogP contribution in [0.5, 0.6) is 0 Å². The van der Waals surface area contributed by atoms with Gasteiger partial charge in [0, 0.05) is 22.1 Å². The van der Waals surface area contributed by atoms with Gasteiger partial charge in [-0.2, -0.15) is 0 Å². The Morgan fingerprint density at radius 1 is 1.10 bits per heavy atom. The predicted octanol–water partition coefficient (Wildman–Crippen LogP) is 2.36. The summed E-state index contributed by atoms with van der Waals surface area (Å²) in [6, 6.07) is 12.9. The molecule has 106 valence electrons. The third-order valence-corrected chi connectivity index (χ3v) is 4.83. The molecule has 0 aliphatic rings. The van der Waals surface area contributed by atoms with Gasteiger partial charge in [0.05, 0.1) is 17.3 Å². The lowest BCUT2D eigenvalue weighted by atomic mass is 10.4. The second-order valence-electron chi connectivity index (χ2n) is 4.05. The summed E-state index contributed by atoms with van der Waals surface area (Å²) in [7, 11) is -1.07. The molecule has 0 aliphatic heterocycles. The number of amides is 2. The smallest absolute Gasteiger partial charge is 0.315 e. The highest BCUT2D eigenvalue weighted by Gasteiger charge is 2.04. The molecule has 0 radical (unpaired) electrons. The average Bonchev–Trinajstić information content (AvgIpc) is 2.99. The summed E-state index contributed by atoms with van der Waals surface area (Å²) in [5.41, 5.74) is 0. The highest BCUT2D eigenvalue weighted by Crippen LogP contribution is 2.07. The van der Waals surface area contributed by atoms with Gasteiger partial charge in [-0.25, -0.2) is 4.79 Å².